The van der Waals surface area contributed by atoms with Gasteiger partial charge in [-0.2, -0.15) is 0 Å². The van der Waals surface area contributed by atoms with Crippen molar-refractivity contribution in [2.45, 2.75) is 0 Å². The van der Waals surface area contributed by atoms with E-state index in [4.69, 9.17) is 17.3 Å². The molecule has 1 aromatic rings. The second-order valence-electron chi connectivity index (χ2n) is 2.40. The maximum atomic E-state index is 13.1. The fourth-order valence-electron chi connectivity index (χ4n) is 0.938. The molecule has 0 saturated carbocycles. The van der Waals surface area contributed by atoms with Gasteiger partial charge in [-0.25, -0.2) is 4.39 Å². The van der Waals surface area contributed by atoms with Gasteiger partial charge in [0.2, 0.25) is 0 Å². The zero-order chi connectivity index (χ0) is 9.14. The highest BCUT2D eigenvalue weighted by molar-refractivity contribution is 6.32. The van der Waals surface area contributed by atoms with Gasteiger partial charge < -0.3 is 5.73 Å². The minimum Gasteiger partial charge on any atom is -0.326 e. The zero-order valence-electron chi connectivity index (χ0n) is 6.48. The molecule has 0 heterocycles. The second kappa shape index (κ2) is 3.70. The van der Waals surface area contributed by atoms with Crippen LogP contribution in [0.15, 0.2) is 24.8 Å². The smallest absolute Gasteiger partial charge is 0.132 e. The highest BCUT2D eigenvalue weighted by atomic mass is 35.5. The first-order chi connectivity index (χ1) is 5.66. The molecule has 0 aliphatic heterocycles. The molecule has 0 aromatic heterocycles. The fourth-order valence-corrected chi connectivity index (χ4v) is 1.23. The Kier molecular flexibility index (Phi) is 2.84. The topological polar surface area (TPSA) is 26.0 Å². The van der Waals surface area contributed by atoms with Crippen molar-refractivity contribution < 1.29 is 4.39 Å². The largest absolute Gasteiger partial charge is 0.326 e. The Bertz CT molecular complexity index is 289. The van der Waals surface area contributed by atoms with Crippen molar-refractivity contribution in [3.8, 4) is 0 Å². The molecule has 0 bridgehead atoms. The SMILES string of the molecule is C=C(CN)c1c(F)cccc1Cl. The van der Waals surface area contributed by atoms with Gasteiger partial charge in [-0.15, -0.1) is 0 Å². The minimum atomic E-state index is -0.377. The molecule has 1 aromatic carbocycles. The van der Waals surface area contributed by atoms with Crippen molar-refractivity contribution in [1.29, 1.82) is 0 Å². The molecule has 1 rings (SSSR count). The predicted molar refractivity (Wildman–Crippen MR) is 49.5 cm³/mol. The van der Waals surface area contributed by atoms with E-state index in [0.29, 0.717) is 16.2 Å². The van der Waals surface area contributed by atoms with Gasteiger partial charge in [0, 0.05) is 12.1 Å². The number of hydrogen-bond donors (Lipinski definition) is 1. The third-order valence-electron chi connectivity index (χ3n) is 1.56. The first-order valence-electron chi connectivity index (χ1n) is 3.49. The lowest BCUT2D eigenvalue weighted by Crippen LogP contribution is -2.03. The predicted octanol–water partition coefficient (Wildman–Crippen LogP) is 2.45. The van der Waals surface area contributed by atoms with Crippen LogP contribution in [-0.2, 0) is 0 Å². The summed E-state index contributed by atoms with van der Waals surface area (Å²) >= 11 is 5.75. The highest BCUT2D eigenvalue weighted by Gasteiger charge is 2.08. The van der Waals surface area contributed by atoms with E-state index in [0.717, 1.165) is 0 Å². The lowest BCUT2D eigenvalue weighted by Gasteiger charge is -2.05. The van der Waals surface area contributed by atoms with E-state index in [-0.39, 0.29) is 12.4 Å². The summed E-state index contributed by atoms with van der Waals surface area (Å²) in [5, 5.41) is 0.352. The van der Waals surface area contributed by atoms with Crippen LogP contribution in [0.5, 0.6) is 0 Å². The lowest BCUT2D eigenvalue weighted by molar-refractivity contribution is 0.624. The molecule has 0 amide bonds. The third kappa shape index (κ3) is 1.65. The maximum Gasteiger partial charge on any atom is 0.132 e. The average Bonchev–Trinajstić information content (AvgIpc) is 2.03. The lowest BCUT2D eigenvalue weighted by atomic mass is 10.1. The van der Waals surface area contributed by atoms with E-state index in [9.17, 15) is 4.39 Å². The van der Waals surface area contributed by atoms with Crippen LogP contribution >= 0.6 is 11.6 Å². The molecule has 2 N–H and O–H groups in total. The Morgan fingerprint density at radius 3 is 2.75 bits per heavy atom. The Balaban J connectivity index is 3.21. The third-order valence-corrected chi connectivity index (χ3v) is 1.88. The Hall–Kier alpha value is -0.860. The van der Waals surface area contributed by atoms with Gasteiger partial charge in [-0.1, -0.05) is 24.2 Å². The van der Waals surface area contributed by atoms with Crippen LogP contribution in [0, 0.1) is 5.82 Å². The molecular formula is C9H9ClFN. The second-order valence-corrected chi connectivity index (χ2v) is 2.81. The monoisotopic (exact) mass is 185 g/mol. The van der Waals surface area contributed by atoms with Crippen LogP contribution < -0.4 is 5.73 Å². The standard InChI is InChI=1S/C9H9ClFN/c1-6(5-12)9-7(10)3-2-4-8(9)11/h2-4H,1,5,12H2. The van der Waals surface area contributed by atoms with E-state index < -0.39 is 0 Å². The van der Waals surface area contributed by atoms with Crippen molar-refractivity contribution >= 4 is 17.2 Å². The van der Waals surface area contributed by atoms with Gasteiger partial charge in [0.15, 0.2) is 0 Å². The van der Waals surface area contributed by atoms with Crippen molar-refractivity contribution in [1.82, 2.24) is 0 Å². The minimum absolute atomic E-state index is 0.209. The summed E-state index contributed by atoms with van der Waals surface area (Å²) in [6.07, 6.45) is 0. The number of hydrogen-bond acceptors (Lipinski definition) is 1. The van der Waals surface area contributed by atoms with Crippen molar-refractivity contribution in [2.24, 2.45) is 5.73 Å². The van der Waals surface area contributed by atoms with Crippen molar-refractivity contribution in [3.05, 3.63) is 41.2 Å². The van der Waals surface area contributed by atoms with Crippen LogP contribution in [0.1, 0.15) is 5.56 Å². The van der Waals surface area contributed by atoms with Crippen LogP contribution in [0.25, 0.3) is 5.57 Å². The molecule has 0 atom stereocenters. The first-order valence-corrected chi connectivity index (χ1v) is 3.87. The summed E-state index contributed by atoms with van der Waals surface area (Å²) in [6, 6.07) is 4.49. The van der Waals surface area contributed by atoms with Gasteiger partial charge >= 0.3 is 0 Å². The fraction of sp³-hybridized carbons (Fsp3) is 0.111. The Morgan fingerprint density at radius 1 is 1.58 bits per heavy atom. The van der Waals surface area contributed by atoms with E-state index in [2.05, 4.69) is 6.58 Å². The molecule has 1 nitrogen and oxygen atoms in total. The molecule has 0 aliphatic carbocycles. The molecule has 0 spiro atoms. The molecule has 3 heteroatoms. The first kappa shape index (κ1) is 9.23. The van der Waals surface area contributed by atoms with Gasteiger partial charge in [0.05, 0.1) is 5.02 Å². The molecular weight excluding hydrogens is 177 g/mol. The summed E-state index contributed by atoms with van der Waals surface area (Å²) in [5.74, 6) is -0.377. The molecule has 0 aliphatic rings. The van der Waals surface area contributed by atoms with Gasteiger partial charge in [-0.05, 0) is 17.7 Å². The number of halogens is 2. The van der Waals surface area contributed by atoms with Gasteiger partial charge in [-0.3, -0.25) is 0 Å². The van der Waals surface area contributed by atoms with Crippen LogP contribution in [0.3, 0.4) is 0 Å². The number of rotatable bonds is 2. The molecule has 64 valence electrons. The Labute approximate surface area is 75.6 Å². The number of benzene rings is 1. The van der Waals surface area contributed by atoms with E-state index in [1.165, 1.54) is 6.07 Å². The van der Waals surface area contributed by atoms with Crippen molar-refractivity contribution in [3.63, 3.8) is 0 Å². The van der Waals surface area contributed by atoms with Crippen LogP contribution in [-0.4, -0.2) is 6.54 Å². The zero-order valence-corrected chi connectivity index (χ0v) is 7.24. The normalized spacial score (nSPS) is 9.92. The summed E-state index contributed by atoms with van der Waals surface area (Å²) in [6.45, 7) is 3.82. The summed E-state index contributed by atoms with van der Waals surface area (Å²) in [4.78, 5) is 0. The number of nitrogens with two attached hydrogens (primary N) is 1. The molecule has 12 heavy (non-hydrogen) atoms. The molecule has 0 unspecified atom stereocenters. The van der Waals surface area contributed by atoms with Crippen LogP contribution in [0.4, 0.5) is 4.39 Å². The summed E-state index contributed by atoms with van der Waals surface area (Å²) in [7, 11) is 0. The Morgan fingerprint density at radius 2 is 2.25 bits per heavy atom. The molecule has 0 saturated heterocycles. The molecule has 0 radical (unpaired) electrons. The van der Waals surface area contributed by atoms with E-state index in [1.807, 2.05) is 0 Å². The maximum absolute atomic E-state index is 13.1. The molecule has 0 fully saturated rings. The van der Waals surface area contributed by atoms with Crippen LogP contribution in [0.2, 0.25) is 5.02 Å². The highest BCUT2D eigenvalue weighted by Crippen LogP contribution is 2.24. The van der Waals surface area contributed by atoms with Gasteiger partial charge in [0.1, 0.15) is 5.82 Å². The van der Waals surface area contributed by atoms with Crippen molar-refractivity contribution in [2.75, 3.05) is 6.54 Å². The van der Waals surface area contributed by atoms with E-state index in [1.54, 1.807) is 12.1 Å². The average molecular weight is 186 g/mol. The van der Waals surface area contributed by atoms with Gasteiger partial charge in [0.25, 0.3) is 0 Å². The quantitative estimate of drug-likeness (QED) is 0.753. The van der Waals surface area contributed by atoms with E-state index >= 15 is 0 Å². The summed E-state index contributed by atoms with van der Waals surface area (Å²) < 4.78 is 13.1. The summed E-state index contributed by atoms with van der Waals surface area (Å²) in [5.41, 5.74) is 6.15.